The molecule has 0 saturated heterocycles. The Kier molecular flexibility index (Phi) is 4.94. The molecule has 0 aliphatic carbocycles. The number of fused-ring (bicyclic) bond motifs is 3. The first-order valence-electron chi connectivity index (χ1n) is 9.54. The van der Waals surface area contributed by atoms with E-state index in [2.05, 4.69) is 15.5 Å². The normalized spacial score (nSPS) is 12.5. The molecule has 0 aliphatic rings. The van der Waals surface area contributed by atoms with Gasteiger partial charge in [-0.05, 0) is 50.6 Å². The monoisotopic (exact) mass is 389 g/mol. The summed E-state index contributed by atoms with van der Waals surface area (Å²) >= 11 is 0. The molecular weight excluding hydrogens is 366 g/mol. The first-order valence-corrected chi connectivity index (χ1v) is 9.54. The zero-order valence-corrected chi connectivity index (χ0v) is 16.6. The van der Waals surface area contributed by atoms with Gasteiger partial charge in [0, 0.05) is 28.6 Å². The van der Waals surface area contributed by atoms with Crippen LogP contribution in [-0.4, -0.2) is 21.6 Å². The highest BCUT2D eigenvalue weighted by Gasteiger charge is 2.16. The van der Waals surface area contributed by atoms with Crippen LogP contribution in [0, 0.1) is 0 Å². The second-order valence-electron chi connectivity index (χ2n) is 7.48. The fourth-order valence-electron chi connectivity index (χ4n) is 3.01. The molecule has 2 aromatic carbocycles. The number of furan rings is 1. The van der Waals surface area contributed by atoms with Crippen LogP contribution in [0.3, 0.4) is 0 Å². The van der Waals surface area contributed by atoms with Crippen LogP contribution in [0.2, 0.25) is 0 Å². The summed E-state index contributed by atoms with van der Waals surface area (Å²) in [6.07, 6.45) is 2.47. The van der Waals surface area contributed by atoms with Crippen molar-refractivity contribution in [2.45, 2.75) is 32.7 Å². The van der Waals surface area contributed by atoms with Gasteiger partial charge in [0.05, 0.1) is 5.54 Å². The summed E-state index contributed by atoms with van der Waals surface area (Å²) in [5.74, 6) is 1.50. The quantitative estimate of drug-likeness (QED) is 0.260. The van der Waals surface area contributed by atoms with E-state index in [1.807, 2.05) is 69.3 Å². The lowest BCUT2D eigenvalue weighted by molar-refractivity contribution is 0.233. The largest absolute Gasteiger partial charge is 0.456 e. The number of aromatic nitrogens is 1. The van der Waals surface area contributed by atoms with Crippen molar-refractivity contribution in [1.29, 1.82) is 0 Å². The van der Waals surface area contributed by atoms with E-state index in [1.165, 1.54) is 0 Å². The van der Waals surface area contributed by atoms with Gasteiger partial charge in [-0.2, -0.15) is 0 Å². The molecule has 0 spiro atoms. The molecule has 6 nitrogen and oxygen atoms in total. The van der Waals surface area contributed by atoms with E-state index in [9.17, 15) is 5.21 Å². The third-order valence-electron chi connectivity index (χ3n) is 4.97. The minimum atomic E-state index is -0.289. The van der Waals surface area contributed by atoms with Crippen LogP contribution in [0.25, 0.3) is 21.9 Å². The lowest BCUT2D eigenvalue weighted by atomic mass is 10.0. The van der Waals surface area contributed by atoms with Crippen molar-refractivity contribution in [2.24, 2.45) is 4.99 Å². The van der Waals surface area contributed by atoms with Gasteiger partial charge in [-0.15, -0.1) is 0 Å². The number of amidine groups is 1. The van der Waals surface area contributed by atoms with Crippen LogP contribution in [-0.2, 0) is 0 Å². The number of nitrogens with zero attached hydrogens (tertiary/aromatic N) is 2. The zero-order chi connectivity index (χ0) is 20.4. The first-order chi connectivity index (χ1) is 14.0. The van der Waals surface area contributed by atoms with Crippen LogP contribution in [0.5, 0.6) is 11.6 Å². The van der Waals surface area contributed by atoms with Crippen molar-refractivity contribution in [3.63, 3.8) is 0 Å². The summed E-state index contributed by atoms with van der Waals surface area (Å²) in [4.78, 5) is 8.90. The molecule has 0 unspecified atom stereocenters. The van der Waals surface area contributed by atoms with Gasteiger partial charge in [0.25, 0.3) is 0 Å². The summed E-state index contributed by atoms with van der Waals surface area (Å²) in [5.41, 5.74) is 4.22. The van der Waals surface area contributed by atoms with E-state index in [4.69, 9.17) is 9.15 Å². The molecule has 0 fully saturated rings. The highest BCUT2D eigenvalue weighted by Crippen LogP contribution is 2.32. The number of hydroxylamine groups is 1. The Morgan fingerprint density at radius 1 is 1.10 bits per heavy atom. The standard InChI is InChI=1S/C23H23N3O3/c1-4-23(2,3)25-22(26-27)15-9-12-21(24-14-15)28-16-10-11-20-18(13-16)17-7-5-6-8-19(17)29-20/h5-14,27H,4H2,1-3H3,(H,25,26). The Hall–Kier alpha value is -3.38. The van der Waals surface area contributed by atoms with Crippen molar-refractivity contribution in [3.8, 4) is 11.6 Å². The maximum absolute atomic E-state index is 9.46. The number of pyridine rings is 1. The Balaban J connectivity index is 1.59. The van der Waals surface area contributed by atoms with Crippen LogP contribution >= 0.6 is 0 Å². The van der Waals surface area contributed by atoms with Crippen molar-refractivity contribution >= 4 is 27.8 Å². The van der Waals surface area contributed by atoms with Crippen molar-refractivity contribution in [2.75, 3.05) is 0 Å². The number of aliphatic imine (C=N–C) groups is 1. The Labute approximate surface area is 168 Å². The minimum absolute atomic E-state index is 0.289. The number of hydrogen-bond donors (Lipinski definition) is 2. The maximum atomic E-state index is 9.46. The van der Waals surface area contributed by atoms with Crippen molar-refractivity contribution in [3.05, 3.63) is 66.4 Å². The molecule has 0 amide bonds. The molecule has 4 rings (SSSR count). The molecular formula is C23H23N3O3. The Bertz CT molecular complexity index is 1180. The fourth-order valence-corrected chi connectivity index (χ4v) is 3.01. The van der Waals surface area contributed by atoms with Crippen LogP contribution in [0.4, 0.5) is 0 Å². The van der Waals surface area contributed by atoms with E-state index >= 15 is 0 Å². The number of nitrogens with one attached hydrogen (secondary N) is 1. The molecule has 4 aromatic rings. The molecule has 0 atom stereocenters. The van der Waals surface area contributed by atoms with Crippen LogP contribution in [0.15, 0.2) is 70.2 Å². The minimum Gasteiger partial charge on any atom is -0.456 e. The van der Waals surface area contributed by atoms with Gasteiger partial charge in [0.15, 0.2) is 5.84 Å². The molecule has 2 aromatic heterocycles. The predicted molar refractivity (Wildman–Crippen MR) is 114 cm³/mol. The molecule has 2 heterocycles. The van der Waals surface area contributed by atoms with Crippen LogP contribution in [0.1, 0.15) is 32.8 Å². The SMILES string of the molecule is CCC(C)(C)N=C(NO)c1ccc(Oc2ccc3oc4ccccc4c3c2)nc1. The van der Waals surface area contributed by atoms with E-state index < -0.39 is 0 Å². The number of rotatable bonds is 5. The Morgan fingerprint density at radius 2 is 1.90 bits per heavy atom. The van der Waals surface area contributed by atoms with Gasteiger partial charge in [-0.1, -0.05) is 25.1 Å². The molecule has 0 saturated carbocycles. The summed E-state index contributed by atoms with van der Waals surface area (Å²) in [6, 6.07) is 17.2. The lowest BCUT2D eigenvalue weighted by Crippen LogP contribution is -2.27. The second-order valence-corrected chi connectivity index (χ2v) is 7.48. The molecule has 29 heavy (non-hydrogen) atoms. The van der Waals surface area contributed by atoms with Gasteiger partial charge in [-0.3, -0.25) is 15.7 Å². The topological polar surface area (TPSA) is 79.9 Å². The highest BCUT2D eigenvalue weighted by molar-refractivity contribution is 6.05. The third-order valence-corrected chi connectivity index (χ3v) is 4.97. The van der Waals surface area contributed by atoms with E-state index in [1.54, 1.807) is 12.3 Å². The fraction of sp³-hybridized carbons (Fsp3) is 0.217. The summed E-state index contributed by atoms with van der Waals surface area (Å²) in [6.45, 7) is 6.06. The van der Waals surface area contributed by atoms with Gasteiger partial charge in [0.1, 0.15) is 16.9 Å². The number of para-hydroxylation sites is 1. The average molecular weight is 389 g/mol. The number of hydrogen-bond acceptors (Lipinski definition) is 5. The smallest absolute Gasteiger partial charge is 0.219 e. The number of ether oxygens (including phenoxy) is 1. The molecule has 6 heteroatoms. The molecule has 2 N–H and O–H groups in total. The molecule has 0 radical (unpaired) electrons. The molecule has 0 aliphatic heterocycles. The van der Waals surface area contributed by atoms with E-state index in [0.717, 1.165) is 28.4 Å². The van der Waals surface area contributed by atoms with E-state index in [0.29, 0.717) is 23.0 Å². The zero-order valence-electron chi connectivity index (χ0n) is 16.6. The first kappa shape index (κ1) is 19.0. The van der Waals surface area contributed by atoms with Gasteiger partial charge < -0.3 is 9.15 Å². The van der Waals surface area contributed by atoms with Gasteiger partial charge >= 0.3 is 0 Å². The summed E-state index contributed by atoms with van der Waals surface area (Å²) in [7, 11) is 0. The highest BCUT2D eigenvalue weighted by atomic mass is 16.5. The maximum Gasteiger partial charge on any atom is 0.219 e. The summed E-state index contributed by atoms with van der Waals surface area (Å²) in [5, 5.41) is 11.5. The second kappa shape index (κ2) is 7.56. The third kappa shape index (κ3) is 3.93. The molecule has 0 bridgehead atoms. The average Bonchev–Trinajstić information content (AvgIpc) is 3.11. The predicted octanol–water partition coefficient (Wildman–Crippen LogP) is 5.69. The van der Waals surface area contributed by atoms with E-state index in [-0.39, 0.29) is 5.54 Å². The number of benzene rings is 2. The molecule has 148 valence electrons. The van der Waals surface area contributed by atoms with Gasteiger partial charge in [0.2, 0.25) is 5.88 Å². The van der Waals surface area contributed by atoms with Crippen LogP contribution < -0.4 is 10.2 Å². The summed E-state index contributed by atoms with van der Waals surface area (Å²) < 4.78 is 11.8. The lowest BCUT2D eigenvalue weighted by Gasteiger charge is -2.19. The van der Waals surface area contributed by atoms with Gasteiger partial charge in [-0.25, -0.2) is 4.98 Å². The van der Waals surface area contributed by atoms with Crippen molar-refractivity contribution < 1.29 is 14.4 Å². The van der Waals surface area contributed by atoms with Crippen molar-refractivity contribution in [1.82, 2.24) is 10.5 Å². The Morgan fingerprint density at radius 3 is 2.62 bits per heavy atom.